The van der Waals surface area contributed by atoms with Crippen LogP contribution in [0.1, 0.15) is 34.0 Å². The summed E-state index contributed by atoms with van der Waals surface area (Å²) in [7, 11) is -0.891. The van der Waals surface area contributed by atoms with Crippen LogP contribution in [0, 0.1) is 6.92 Å². The maximum atomic E-state index is 13.2. The van der Waals surface area contributed by atoms with Crippen molar-refractivity contribution in [3.8, 4) is 5.75 Å². The van der Waals surface area contributed by atoms with Gasteiger partial charge in [-0.25, -0.2) is 0 Å². The van der Waals surface area contributed by atoms with Crippen molar-refractivity contribution in [3.05, 3.63) is 58.7 Å². The first-order valence-corrected chi connectivity index (χ1v) is 8.77. The number of halogens is 6. The highest BCUT2D eigenvalue weighted by Gasteiger charge is 2.42. The van der Waals surface area contributed by atoms with Crippen LogP contribution in [0.3, 0.4) is 0 Å². The van der Waals surface area contributed by atoms with Crippen molar-refractivity contribution < 1.29 is 35.9 Å². The van der Waals surface area contributed by atoms with Gasteiger partial charge in [0.15, 0.2) is 5.52 Å². The molecule has 0 fully saturated rings. The van der Waals surface area contributed by atoms with Crippen LogP contribution in [-0.4, -0.2) is 12.1 Å². The molecular formula is C18H15F6O2P. The SMILES string of the molecule is CCOc1ccc(PC(=O)c2c(C(F)(F)F)cccc2C(F)(F)F)c(C)c1. The van der Waals surface area contributed by atoms with Crippen LogP contribution in [0.4, 0.5) is 26.3 Å². The van der Waals surface area contributed by atoms with Gasteiger partial charge in [0.1, 0.15) is 5.75 Å². The number of carbonyl (C=O) groups is 1. The van der Waals surface area contributed by atoms with E-state index in [2.05, 4.69) is 0 Å². The molecule has 1 atom stereocenters. The molecule has 0 aromatic heterocycles. The molecule has 0 aliphatic heterocycles. The molecule has 1 unspecified atom stereocenters. The zero-order valence-electron chi connectivity index (χ0n) is 14.3. The molecule has 146 valence electrons. The van der Waals surface area contributed by atoms with Crippen molar-refractivity contribution in [2.75, 3.05) is 6.61 Å². The Morgan fingerprint density at radius 2 is 1.56 bits per heavy atom. The summed E-state index contributed by atoms with van der Waals surface area (Å²) in [5, 5.41) is 0.355. The van der Waals surface area contributed by atoms with Gasteiger partial charge in [-0.2, -0.15) is 26.3 Å². The van der Waals surface area contributed by atoms with E-state index in [1.54, 1.807) is 19.9 Å². The maximum Gasteiger partial charge on any atom is 0.417 e. The van der Waals surface area contributed by atoms with Gasteiger partial charge in [-0.1, -0.05) is 12.1 Å². The van der Waals surface area contributed by atoms with Crippen LogP contribution in [0.25, 0.3) is 0 Å². The second-order valence-corrected chi connectivity index (χ2v) is 6.83. The number of rotatable bonds is 5. The number of aryl methyl sites for hydroxylation is 1. The second-order valence-electron chi connectivity index (χ2n) is 5.59. The van der Waals surface area contributed by atoms with Gasteiger partial charge in [0.2, 0.25) is 0 Å². The standard InChI is InChI=1S/C18H15F6O2P/c1-3-26-11-7-8-14(10(2)9-11)27-16(25)15-12(17(19,20)21)5-4-6-13(15)18(22,23)24/h4-9,27H,3H2,1-2H3. The average molecular weight is 408 g/mol. The quantitative estimate of drug-likeness (QED) is 0.477. The predicted molar refractivity (Wildman–Crippen MR) is 91.1 cm³/mol. The third-order valence-electron chi connectivity index (χ3n) is 3.66. The fourth-order valence-electron chi connectivity index (χ4n) is 2.49. The van der Waals surface area contributed by atoms with E-state index in [1.165, 1.54) is 12.1 Å². The normalized spacial score (nSPS) is 12.6. The molecule has 0 aliphatic rings. The molecule has 0 radical (unpaired) electrons. The molecule has 2 aromatic rings. The number of hydrogen-bond donors (Lipinski definition) is 0. The van der Waals surface area contributed by atoms with Gasteiger partial charge in [0, 0.05) is 5.56 Å². The van der Waals surface area contributed by atoms with Crippen molar-refractivity contribution in [1.82, 2.24) is 0 Å². The lowest BCUT2D eigenvalue weighted by molar-refractivity contribution is -0.143. The Labute approximate surface area is 153 Å². The topological polar surface area (TPSA) is 26.3 Å². The number of alkyl halides is 6. The Morgan fingerprint density at radius 1 is 1.00 bits per heavy atom. The van der Waals surface area contributed by atoms with E-state index in [4.69, 9.17) is 4.74 Å². The first-order valence-electron chi connectivity index (χ1n) is 7.77. The van der Waals surface area contributed by atoms with E-state index >= 15 is 0 Å². The molecule has 0 heterocycles. The average Bonchev–Trinajstić information content (AvgIpc) is 2.55. The Hall–Kier alpha value is -2.08. The predicted octanol–water partition coefficient (Wildman–Crippen LogP) is 5.58. The van der Waals surface area contributed by atoms with Crippen LogP contribution in [-0.2, 0) is 12.4 Å². The van der Waals surface area contributed by atoms with Crippen molar-refractivity contribution in [2.24, 2.45) is 0 Å². The van der Waals surface area contributed by atoms with Crippen molar-refractivity contribution >= 4 is 19.4 Å². The Morgan fingerprint density at radius 3 is 2.00 bits per heavy atom. The highest BCUT2D eigenvalue weighted by molar-refractivity contribution is 7.66. The summed E-state index contributed by atoms with van der Waals surface area (Å²) < 4.78 is 84.5. The van der Waals surface area contributed by atoms with Crippen molar-refractivity contribution in [3.63, 3.8) is 0 Å². The first-order chi connectivity index (χ1) is 12.4. The van der Waals surface area contributed by atoms with E-state index in [1.807, 2.05) is 0 Å². The van der Waals surface area contributed by atoms with Gasteiger partial charge in [-0.05, 0) is 57.6 Å². The lowest BCUT2D eigenvalue weighted by Crippen LogP contribution is -2.19. The van der Waals surface area contributed by atoms with Crippen LogP contribution >= 0.6 is 8.58 Å². The zero-order valence-corrected chi connectivity index (χ0v) is 15.3. The number of ether oxygens (including phenoxy) is 1. The van der Waals surface area contributed by atoms with Gasteiger partial charge in [0.05, 0.1) is 17.7 Å². The van der Waals surface area contributed by atoms with E-state index in [9.17, 15) is 31.1 Å². The first kappa shape index (κ1) is 21.2. The Bertz CT molecular complexity index is 810. The van der Waals surface area contributed by atoms with Crippen molar-refractivity contribution in [2.45, 2.75) is 26.2 Å². The van der Waals surface area contributed by atoms with E-state index < -0.39 is 43.1 Å². The van der Waals surface area contributed by atoms with Crippen LogP contribution in [0.5, 0.6) is 5.75 Å². The third kappa shape index (κ3) is 5.01. The monoisotopic (exact) mass is 408 g/mol. The molecule has 2 nitrogen and oxygen atoms in total. The van der Waals surface area contributed by atoms with Crippen LogP contribution in [0.2, 0.25) is 0 Å². The number of hydrogen-bond acceptors (Lipinski definition) is 2. The molecule has 0 spiro atoms. The lowest BCUT2D eigenvalue weighted by atomic mass is 10.0. The fourth-order valence-corrected chi connectivity index (χ4v) is 3.56. The molecule has 2 rings (SSSR count). The molecule has 0 N–H and O–H groups in total. The van der Waals surface area contributed by atoms with Gasteiger partial charge in [-0.3, -0.25) is 4.79 Å². The summed E-state index contributed by atoms with van der Waals surface area (Å²) >= 11 is 0. The highest BCUT2D eigenvalue weighted by atomic mass is 31.1. The fraction of sp³-hybridized carbons (Fsp3) is 0.278. The second kappa shape index (κ2) is 7.89. The van der Waals surface area contributed by atoms with Crippen LogP contribution < -0.4 is 10.0 Å². The molecule has 2 aromatic carbocycles. The minimum absolute atomic E-state index is 0.355. The molecule has 0 amide bonds. The molecule has 0 aliphatic carbocycles. The Balaban J connectivity index is 2.49. The third-order valence-corrected chi connectivity index (χ3v) is 4.97. The van der Waals surface area contributed by atoms with Gasteiger partial charge in [0.25, 0.3) is 0 Å². The summed E-state index contributed by atoms with van der Waals surface area (Å²) in [6.07, 6.45) is -10.2. The Kier molecular flexibility index (Phi) is 6.20. The van der Waals surface area contributed by atoms with E-state index in [-0.39, 0.29) is 0 Å². The van der Waals surface area contributed by atoms with Gasteiger partial charge >= 0.3 is 12.4 Å². The highest BCUT2D eigenvalue weighted by Crippen LogP contribution is 2.41. The van der Waals surface area contributed by atoms with Crippen molar-refractivity contribution in [1.29, 1.82) is 0 Å². The molecule has 0 bridgehead atoms. The lowest BCUT2D eigenvalue weighted by Gasteiger charge is -2.18. The minimum atomic E-state index is -5.08. The molecule has 9 heteroatoms. The largest absolute Gasteiger partial charge is 0.494 e. The van der Waals surface area contributed by atoms with Gasteiger partial charge < -0.3 is 4.74 Å². The smallest absolute Gasteiger partial charge is 0.417 e. The minimum Gasteiger partial charge on any atom is -0.494 e. The summed E-state index contributed by atoms with van der Waals surface area (Å²) in [4.78, 5) is 12.5. The molecular weight excluding hydrogens is 393 g/mol. The summed E-state index contributed by atoms with van der Waals surface area (Å²) in [6, 6.07) is 6.19. The number of carbonyl (C=O) groups excluding carboxylic acids is 1. The molecule has 0 saturated carbocycles. The summed E-state index contributed by atoms with van der Waals surface area (Å²) in [5.74, 6) is 0.502. The van der Waals surface area contributed by atoms with E-state index in [0.717, 1.165) is 0 Å². The van der Waals surface area contributed by atoms with Gasteiger partial charge in [-0.15, -0.1) is 0 Å². The number of benzene rings is 2. The van der Waals surface area contributed by atoms with Crippen LogP contribution in [0.15, 0.2) is 36.4 Å². The zero-order chi connectivity index (χ0) is 20.4. The summed E-state index contributed by atoms with van der Waals surface area (Å²) in [5.41, 5.74) is -5.19. The molecule has 27 heavy (non-hydrogen) atoms. The molecule has 0 saturated heterocycles. The summed E-state index contributed by atoms with van der Waals surface area (Å²) in [6.45, 7) is 3.77. The van der Waals surface area contributed by atoms with E-state index in [0.29, 0.717) is 41.4 Å². The maximum absolute atomic E-state index is 13.2.